The molecule has 0 saturated heterocycles. The Labute approximate surface area is 112 Å². The van der Waals surface area contributed by atoms with Crippen molar-refractivity contribution in [1.29, 1.82) is 0 Å². The highest BCUT2D eigenvalue weighted by Crippen LogP contribution is 2.21. The quantitative estimate of drug-likeness (QED) is 0.890. The molecule has 1 atom stereocenters. The molecule has 19 heavy (non-hydrogen) atoms. The number of hydrogen-bond acceptors (Lipinski definition) is 3. The molecule has 2 aromatic rings. The summed E-state index contributed by atoms with van der Waals surface area (Å²) in [5.74, 6) is 0. The van der Waals surface area contributed by atoms with Crippen molar-refractivity contribution in [3.8, 4) is 0 Å². The van der Waals surface area contributed by atoms with Gasteiger partial charge in [0.2, 0.25) is 0 Å². The monoisotopic (exact) mass is 263 g/mol. The maximum atomic E-state index is 11.8. The van der Waals surface area contributed by atoms with Gasteiger partial charge in [-0.25, -0.2) is 4.79 Å². The Kier molecular flexibility index (Phi) is 3.78. The van der Waals surface area contributed by atoms with E-state index in [2.05, 4.69) is 0 Å². The van der Waals surface area contributed by atoms with E-state index in [0.29, 0.717) is 6.42 Å². The lowest BCUT2D eigenvalue weighted by Gasteiger charge is -2.14. The average Bonchev–Trinajstić information content (AvgIpc) is 2.61. The molecule has 0 spiro atoms. The second-order valence-corrected chi connectivity index (χ2v) is 5.26. The zero-order valence-electron chi connectivity index (χ0n) is 11.9. The number of rotatable bonds is 4. The van der Waals surface area contributed by atoms with Crippen molar-refractivity contribution in [2.75, 3.05) is 20.6 Å². The molecular weight excluding hydrogens is 242 g/mol. The lowest BCUT2D eigenvalue weighted by atomic mass is 10.1. The lowest BCUT2D eigenvalue weighted by Crippen LogP contribution is -2.19. The van der Waals surface area contributed by atoms with E-state index in [1.807, 2.05) is 37.2 Å². The smallest absolute Gasteiger partial charge is 0.328 e. The number of imidazole rings is 1. The Balaban J connectivity index is 2.36. The van der Waals surface area contributed by atoms with Crippen LogP contribution in [0.3, 0.4) is 0 Å². The molecule has 0 saturated carbocycles. The van der Waals surface area contributed by atoms with Crippen LogP contribution in [0.5, 0.6) is 0 Å². The van der Waals surface area contributed by atoms with Gasteiger partial charge in [-0.2, -0.15) is 0 Å². The van der Waals surface area contributed by atoms with E-state index in [0.717, 1.165) is 23.1 Å². The van der Waals surface area contributed by atoms with Crippen LogP contribution in [0, 0.1) is 0 Å². The maximum Gasteiger partial charge on any atom is 0.328 e. The largest absolute Gasteiger partial charge is 0.388 e. The first kappa shape index (κ1) is 13.8. The second-order valence-electron chi connectivity index (χ2n) is 5.26. The van der Waals surface area contributed by atoms with Crippen molar-refractivity contribution in [2.24, 2.45) is 14.1 Å². The molecule has 104 valence electrons. The predicted octanol–water partition coefficient (Wildman–Crippen LogP) is 0.862. The summed E-state index contributed by atoms with van der Waals surface area (Å²) >= 11 is 0. The van der Waals surface area contributed by atoms with Gasteiger partial charge in [-0.3, -0.25) is 9.13 Å². The van der Waals surface area contributed by atoms with E-state index in [9.17, 15) is 9.90 Å². The van der Waals surface area contributed by atoms with Gasteiger partial charge < -0.3 is 10.0 Å². The average molecular weight is 263 g/mol. The minimum atomic E-state index is -0.498. The van der Waals surface area contributed by atoms with Crippen molar-refractivity contribution < 1.29 is 5.11 Å². The van der Waals surface area contributed by atoms with Crippen LogP contribution in [-0.4, -0.2) is 39.8 Å². The van der Waals surface area contributed by atoms with Gasteiger partial charge in [0.1, 0.15) is 0 Å². The summed E-state index contributed by atoms with van der Waals surface area (Å²) in [5, 5.41) is 10.2. The van der Waals surface area contributed by atoms with Crippen LogP contribution in [0.2, 0.25) is 0 Å². The van der Waals surface area contributed by atoms with Crippen LogP contribution in [0.4, 0.5) is 0 Å². The second kappa shape index (κ2) is 5.19. The number of aromatic nitrogens is 2. The highest BCUT2D eigenvalue weighted by atomic mass is 16.3. The number of nitrogens with zero attached hydrogens (tertiary/aromatic N) is 3. The molecule has 0 radical (unpaired) electrons. The molecule has 0 aliphatic heterocycles. The van der Waals surface area contributed by atoms with Crippen molar-refractivity contribution in [2.45, 2.75) is 12.5 Å². The summed E-state index contributed by atoms with van der Waals surface area (Å²) in [6.45, 7) is 0.826. The van der Waals surface area contributed by atoms with E-state index >= 15 is 0 Å². The van der Waals surface area contributed by atoms with Crippen molar-refractivity contribution in [1.82, 2.24) is 14.0 Å². The van der Waals surface area contributed by atoms with E-state index in [1.165, 1.54) is 0 Å². The van der Waals surface area contributed by atoms with Gasteiger partial charge in [0.25, 0.3) is 0 Å². The van der Waals surface area contributed by atoms with Gasteiger partial charge in [0, 0.05) is 20.6 Å². The first-order chi connectivity index (χ1) is 8.91. The SMILES string of the molecule is CN(C)CCC(O)c1ccc2c(c1)n(C)c(=O)n2C. The van der Waals surface area contributed by atoms with E-state index in [1.54, 1.807) is 23.2 Å². The fraction of sp³-hybridized carbons (Fsp3) is 0.500. The third-order valence-electron chi connectivity index (χ3n) is 3.53. The molecule has 0 aliphatic rings. The third-order valence-corrected chi connectivity index (χ3v) is 3.53. The molecule has 1 aromatic heterocycles. The summed E-state index contributed by atoms with van der Waals surface area (Å²) in [7, 11) is 7.47. The van der Waals surface area contributed by atoms with Crippen LogP contribution in [-0.2, 0) is 14.1 Å². The molecule has 5 nitrogen and oxygen atoms in total. The minimum Gasteiger partial charge on any atom is -0.388 e. The molecule has 5 heteroatoms. The number of fused-ring (bicyclic) bond motifs is 1. The minimum absolute atomic E-state index is 0.0464. The Morgan fingerprint density at radius 2 is 1.84 bits per heavy atom. The summed E-state index contributed by atoms with van der Waals surface area (Å²) in [6.07, 6.45) is 0.182. The zero-order valence-corrected chi connectivity index (χ0v) is 11.9. The van der Waals surface area contributed by atoms with Crippen LogP contribution in [0.1, 0.15) is 18.1 Å². The fourth-order valence-electron chi connectivity index (χ4n) is 2.28. The normalized spacial score (nSPS) is 13.4. The summed E-state index contributed by atoms with van der Waals surface area (Å²) in [4.78, 5) is 13.9. The van der Waals surface area contributed by atoms with Gasteiger partial charge >= 0.3 is 5.69 Å². The van der Waals surface area contributed by atoms with Gasteiger partial charge in [0.05, 0.1) is 17.1 Å². The first-order valence-electron chi connectivity index (χ1n) is 6.40. The van der Waals surface area contributed by atoms with Crippen LogP contribution in [0.15, 0.2) is 23.0 Å². The molecule has 1 N–H and O–H groups in total. The first-order valence-corrected chi connectivity index (χ1v) is 6.40. The summed E-state index contributed by atoms with van der Waals surface area (Å²) in [6, 6.07) is 5.68. The number of aryl methyl sites for hydroxylation is 2. The van der Waals surface area contributed by atoms with Gasteiger partial charge in [-0.1, -0.05) is 6.07 Å². The molecule has 0 aliphatic carbocycles. The maximum absolute atomic E-state index is 11.8. The zero-order chi connectivity index (χ0) is 14.2. The van der Waals surface area contributed by atoms with Crippen molar-refractivity contribution in [3.05, 3.63) is 34.2 Å². The lowest BCUT2D eigenvalue weighted by molar-refractivity contribution is 0.154. The fourth-order valence-corrected chi connectivity index (χ4v) is 2.28. The van der Waals surface area contributed by atoms with Crippen molar-refractivity contribution >= 4 is 11.0 Å². The van der Waals surface area contributed by atoms with Crippen LogP contribution >= 0.6 is 0 Å². The number of benzene rings is 1. The topological polar surface area (TPSA) is 50.4 Å². The molecule has 2 rings (SSSR count). The molecule has 1 unspecified atom stereocenters. The molecular formula is C14H21N3O2. The number of aliphatic hydroxyl groups excluding tert-OH is 1. The molecule has 0 fully saturated rings. The van der Waals surface area contributed by atoms with Gasteiger partial charge in [0.15, 0.2) is 0 Å². The van der Waals surface area contributed by atoms with E-state index in [-0.39, 0.29) is 5.69 Å². The number of hydrogen-bond donors (Lipinski definition) is 1. The number of aliphatic hydroxyl groups is 1. The Hall–Kier alpha value is -1.59. The predicted molar refractivity (Wildman–Crippen MR) is 76.3 cm³/mol. The molecule has 1 heterocycles. The summed E-state index contributed by atoms with van der Waals surface area (Å²) in [5.41, 5.74) is 2.55. The molecule has 1 aromatic carbocycles. The third kappa shape index (κ3) is 2.57. The highest BCUT2D eigenvalue weighted by Gasteiger charge is 2.12. The standard InChI is InChI=1S/C14H21N3O2/c1-15(2)8-7-13(18)10-5-6-11-12(9-10)17(4)14(19)16(11)3/h5-6,9,13,18H,7-8H2,1-4H3. The Morgan fingerprint density at radius 1 is 1.21 bits per heavy atom. The van der Waals surface area contributed by atoms with Gasteiger partial charge in [-0.15, -0.1) is 0 Å². The molecule has 0 bridgehead atoms. The highest BCUT2D eigenvalue weighted by molar-refractivity contribution is 5.76. The van der Waals surface area contributed by atoms with E-state index in [4.69, 9.17) is 0 Å². The Bertz CT molecular complexity index is 640. The summed E-state index contributed by atoms with van der Waals surface area (Å²) < 4.78 is 3.23. The van der Waals surface area contributed by atoms with Crippen LogP contribution in [0.25, 0.3) is 11.0 Å². The van der Waals surface area contributed by atoms with E-state index < -0.39 is 6.10 Å². The van der Waals surface area contributed by atoms with Crippen molar-refractivity contribution in [3.63, 3.8) is 0 Å². The van der Waals surface area contributed by atoms with Crippen LogP contribution < -0.4 is 5.69 Å². The Morgan fingerprint density at radius 3 is 2.47 bits per heavy atom. The molecule has 0 amide bonds. The van der Waals surface area contributed by atoms with Gasteiger partial charge in [-0.05, 0) is 38.2 Å².